The average Bonchev–Trinajstić information content (AvgIpc) is 3.26. The largest absolute Gasteiger partial charge is 0.497 e. The highest BCUT2D eigenvalue weighted by molar-refractivity contribution is 7.89. The summed E-state index contributed by atoms with van der Waals surface area (Å²) in [7, 11) is -1.93. The van der Waals surface area contributed by atoms with Crippen molar-refractivity contribution in [1.29, 1.82) is 0 Å². The number of methoxy groups -OCH3 is 1. The summed E-state index contributed by atoms with van der Waals surface area (Å²) in [6.45, 7) is 2.52. The van der Waals surface area contributed by atoms with Crippen LogP contribution in [0, 0.1) is 0 Å². The fourth-order valence-electron chi connectivity index (χ4n) is 3.69. The molecule has 0 radical (unpaired) electrons. The van der Waals surface area contributed by atoms with E-state index >= 15 is 0 Å². The molecular formula is C22H25N3O5S. The Hall–Kier alpha value is -2.91. The van der Waals surface area contributed by atoms with Crippen molar-refractivity contribution in [2.45, 2.75) is 37.3 Å². The minimum Gasteiger partial charge on any atom is -0.497 e. The normalized spacial score (nSPS) is 19.6. The Morgan fingerprint density at radius 2 is 1.68 bits per heavy atom. The molecule has 0 spiro atoms. The number of nitrogens with zero attached hydrogens (tertiary/aromatic N) is 3. The lowest BCUT2D eigenvalue weighted by Gasteiger charge is -2.25. The highest BCUT2D eigenvalue weighted by Crippen LogP contribution is 2.31. The molecule has 4 rings (SSSR count). The summed E-state index contributed by atoms with van der Waals surface area (Å²) in [6, 6.07) is 13.6. The summed E-state index contributed by atoms with van der Waals surface area (Å²) in [5.74, 6) is 0.695. The Labute approximate surface area is 182 Å². The van der Waals surface area contributed by atoms with Gasteiger partial charge >= 0.3 is 0 Å². The predicted molar refractivity (Wildman–Crippen MR) is 115 cm³/mol. The molecule has 0 bridgehead atoms. The molecule has 1 atom stereocenters. The van der Waals surface area contributed by atoms with Gasteiger partial charge in [0, 0.05) is 31.1 Å². The van der Waals surface area contributed by atoms with Gasteiger partial charge in [-0.1, -0.05) is 6.42 Å². The number of sulfonamides is 1. The Morgan fingerprint density at radius 3 is 2.26 bits per heavy atom. The van der Waals surface area contributed by atoms with Gasteiger partial charge in [0.15, 0.2) is 0 Å². The van der Waals surface area contributed by atoms with Crippen molar-refractivity contribution in [2.24, 2.45) is 5.10 Å². The summed E-state index contributed by atoms with van der Waals surface area (Å²) in [6.07, 6.45) is 2.13. The van der Waals surface area contributed by atoms with Gasteiger partial charge in [-0.25, -0.2) is 8.42 Å². The van der Waals surface area contributed by atoms with E-state index in [1.54, 1.807) is 43.5 Å². The zero-order chi connectivity index (χ0) is 22.0. The molecule has 164 valence electrons. The number of rotatable bonds is 5. The van der Waals surface area contributed by atoms with E-state index in [9.17, 15) is 13.2 Å². The second-order valence-electron chi connectivity index (χ2n) is 7.50. The van der Waals surface area contributed by atoms with Crippen molar-refractivity contribution < 1.29 is 22.7 Å². The van der Waals surface area contributed by atoms with Gasteiger partial charge in [0.05, 0.1) is 12.0 Å². The number of piperidine rings is 1. The third-order valence-electron chi connectivity index (χ3n) is 5.42. The van der Waals surface area contributed by atoms with Gasteiger partial charge in [-0.3, -0.25) is 4.79 Å². The van der Waals surface area contributed by atoms with E-state index in [0.29, 0.717) is 24.4 Å². The fraction of sp³-hybridized carbons (Fsp3) is 0.364. The van der Waals surface area contributed by atoms with Crippen LogP contribution >= 0.6 is 0 Å². The zero-order valence-corrected chi connectivity index (χ0v) is 18.3. The summed E-state index contributed by atoms with van der Waals surface area (Å²) in [4.78, 5) is 12.4. The van der Waals surface area contributed by atoms with Gasteiger partial charge in [0.25, 0.3) is 0 Å². The van der Waals surface area contributed by atoms with E-state index in [4.69, 9.17) is 9.47 Å². The number of ether oxygens (including phenoxy) is 2. The van der Waals surface area contributed by atoms with Crippen molar-refractivity contribution in [2.75, 3.05) is 20.2 Å². The number of carbonyl (C=O) groups excluding carboxylic acids is 1. The molecule has 2 aliphatic rings. The summed E-state index contributed by atoms with van der Waals surface area (Å²) in [5, 5.41) is 5.60. The average molecular weight is 444 g/mol. The molecule has 9 heteroatoms. The Morgan fingerprint density at radius 1 is 1.03 bits per heavy atom. The third kappa shape index (κ3) is 4.28. The van der Waals surface area contributed by atoms with E-state index in [1.807, 2.05) is 12.1 Å². The lowest BCUT2D eigenvalue weighted by Crippen LogP contribution is -2.35. The number of carbonyl (C=O) groups is 1. The molecule has 2 aromatic rings. The van der Waals surface area contributed by atoms with E-state index in [1.165, 1.54) is 16.2 Å². The van der Waals surface area contributed by atoms with Crippen molar-refractivity contribution in [3.63, 3.8) is 0 Å². The van der Waals surface area contributed by atoms with Crippen molar-refractivity contribution >= 4 is 21.8 Å². The molecule has 1 amide bonds. The highest BCUT2D eigenvalue weighted by atomic mass is 32.2. The van der Waals surface area contributed by atoms with Crippen LogP contribution in [0.1, 0.15) is 43.5 Å². The standard InChI is InChI=1S/C22H25N3O5S/c1-16(26)25-22(18-6-10-19(29-2)11-7-18)30-21(23-25)17-8-12-20(13-9-17)31(27,28)24-14-4-3-5-15-24/h6-13,22H,3-5,14-15H2,1-2H3. The maximum Gasteiger partial charge on any atom is 0.243 e. The van der Waals surface area contributed by atoms with Gasteiger partial charge in [-0.15, -0.1) is 5.10 Å². The zero-order valence-electron chi connectivity index (χ0n) is 17.5. The summed E-state index contributed by atoms with van der Waals surface area (Å²) >= 11 is 0. The number of hydrogen-bond donors (Lipinski definition) is 0. The molecule has 2 aromatic carbocycles. The van der Waals surface area contributed by atoms with Crippen LogP contribution in [0.3, 0.4) is 0 Å². The second kappa shape index (κ2) is 8.68. The molecule has 8 nitrogen and oxygen atoms in total. The van der Waals surface area contributed by atoms with Gasteiger partial charge in [0.2, 0.25) is 28.1 Å². The Kier molecular flexibility index (Phi) is 5.97. The highest BCUT2D eigenvalue weighted by Gasteiger charge is 2.33. The van der Waals surface area contributed by atoms with E-state index in [-0.39, 0.29) is 16.7 Å². The molecule has 0 aliphatic carbocycles. The lowest BCUT2D eigenvalue weighted by molar-refractivity contribution is -0.135. The van der Waals surface area contributed by atoms with Crippen LogP contribution in [0.15, 0.2) is 58.5 Å². The first kappa shape index (κ1) is 21.3. The molecule has 1 unspecified atom stereocenters. The summed E-state index contributed by atoms with van der Waals surface area (Å²) < 4.78 is 38.4. The maximum absolute atomic E-state index is 12.9. The van der Waals surface area contributed by atoms with Crippen molar-refractivity contribution in [3.8, 4) is 5.75 Å². The van der Waals surface area contributed by atoms with Crippen LogP contribution in [-0.4, -0.2) is 49.7 Å². The van der Waals surface area contributed by atoms with Crippen molar-refractivity contribution in [1.82, 2.24) is 9.31 Å². The Balaban J connectivity index is 1.56. The first-order chi connectivity index (χ1) is 14.9. The van der Waals surface area contributed by atoms with Gasteiger partial charge in [-0.05, 0) is 61.4 Å². The second-order valence-corrected chi connectivity index (χ2v) is 9.44. The molecule has 1 fully saturated rings. The van der Waals surface area contributed by atoms with Crippen LogP contribution < -0.4 is 4.74 Å². The smallest absolute Gasteiger partial charge is 0.243 e. The monoisotopic (exact) mass is 443 g/mol. The van der Waals surface area contributed by atoms with Crippen molar-refractivity contribution in [3.05, 3.63) is 59.7 Å². The maximum atomic E-state index is 12.9. The predicted octanol–water partition coefficient (Wildman–Crippen LogP) is 3.11. The number of hydrogen-bond acceptors (Lipinski definition) is 6. The molecule has 0 N–H and O–H groups in total. The fourth-order valence-corrected chi connectivity index (χ4v) is 5.21. The molecule has 0 aromatic heterocycles. The van der Waals surface area contributed by atoms with Crippen LogP contribution in [0.5, 0.6) is 5.75 Å². The first-order valence-corrected chi connectivity index (χ1v) is 11.6. The lowest BCUT2D eigenvalue weighted by atomic mass is 10.2. The van der Waals surface area contributed by atoms with Crippen LogP contribution in [0.4, 0.5) is 0 Å². The number of hydrazone groups is 1. The SMILES string of the molecule is COc1ccc(C2OC(c3ccc(S(=O)(=O)N4CCCCC4)cc3)=NN2C(C)=O)cc1. The Bertz CT molecular complexity index is 1080. The van der Waals surface area contributed by atoms with E-state index in [0.717, 1.165) is 24.8 Å². The van der Waals surface area contributed by atoms with Gasteiger partial charge < -0.3 is 9.47 Å². The van der Waals surface area contributed by atoms with Crippen LogP contribution in [0.2, 0.25) is 0 Å². The number of benzene rings is 2. The molecule has 1 saturated heterocycles. The minimum atomic E-state index is -3.51. The topological polar surface area (TPSA) is 88.5 Å². The van der Waals surface area contributed by atoms with Gasteiger partial charge in [-0.2, -0.15) is 9.31 Å². The van der Waals surface area contributed by atoms with E-state index < -0.39 is 16.3 Å². The summed E-state index contributed by atoms with van der Waals surface area (Å²) in [5.41, 5.74) is 1.35. The third-order valence-corrected chi connectivity index (χ3v) is 7.33. The molecule has 2 aliphatic heterocycles. The van der Waals surface area contributed by atoms with Crippen LogP contribution in [-0.2, 0) is 19.6 Å². The quantitative estimate of drug-likeness (QED) is 0.709. The molecule has 0 saturated carbocycles. The van der Waals surface area contributed by atoms with Crippen LogP contribution in [0.25, 0.3) is 0 Å². The molecule has 2 heterocycles. The number of amides is 1. The minimum absolute atomic E-state index is 0.242. The van der Waals surface area contributed by atoms with E-state index in [2.05, 4.69) is 5.10 Å². The molecular weight excluding hydrogens is 418 g/mol. The first-order valence-electron chi connectivity index (χ1n) is 10.2. The molecule has 31 heavy (non-hydrogen) atoms. The van der Waals surface area contributed by atoms with Gasteiger partial charge in [0.1, 0.15) is 5.75 Å².